The van der Waals surface area contributed by atoms with Crippen LogP contribution in [-0.2, 0) is 4.79 Å². The first-order chi connectivity index (χ1) is 4.68. The van der Waals surface area contributed by atoms with Crippen LogP contribution in [0, 0.1) is 11.3 Å². The topological polar surface area (TPSA) is 105 Å². The van der Waals surface area contributed by atoms with Crippen molar-refractivity contribution in [1.82, 2.24) is 5.73 Å². The van der Waals surface area contributed by atoms with E-state index in [4.69, 9.17) is 21.2 Å². The van der Waals surface area contributed by atoms with E-state index in [1.807, 2.05) is 0 Å². The third kappa shape index (κ3) is 28.7. The number of nitrogens with zero attached hydrogens (tertiary/aromatic N) is 1. The largest absolute Gasteiger partial charge is 0.394 e. The Morgan fingerprint density at radius 2 is 1.90 bits per heavy atom. The normalized spacial score (nSPS) is 6.90. The third-order valence-electron chi connectivity index (χ3n) is 0.340. The molecule has 0 rings (SSSR count). The van der Waals surface area contributed by atoms with E-state index in [1.165, 1.54) is 6.07 Å². The van der Waals surface area contributed by atoms with Crippen molar-refractivity contribution in [1.29, 1.82) is 5.26 Å². The van der Waals surface area contributed by atoms with Gasteiger partial charge in [-0.05, 0) is 0 Å². The zero-order chi connectivity index (χ0) is 8.41. The predicted molar refractivity (Wildman–Crippen MR) is 32.5 cm³/mol. The Balaban J connectivity index is 0. The summed E-state index contributed by atoms with van der Waals surface area (Å²) in [6.45, 7) is -0.250. The summed E-state index contributed by atoms with van der Waals surface area (Å²) in [5, 5.41) is 22.9. The van der Waals surface area contributed by atoms with Crippen molar-refractivity contribution >= 4 is 5.91 Å². The average molecular weight is 145 g/mol. The fourth-order valence-electron chi connectivity index (χ4n) is 0.0718. The van der Waals surface area contributed by atoms with Crippen molar-refractivity contribution in [3.05, 3.63) is 0 Å². The Morgan fingerprint density at radius 3 is 1.90 bits per heavy atom. The highest BCUT2D eigenvalue weighted by atomic mass is 16.3. The fraction of sp³-hybridized carbons (Fsp3) is 0.600. The Hall–Kier alpha value is -1.12. The summed E-state index contributed by atoms with van der Waals surface area (Å²) < 4.78 is 0. The van der Waals surface area contributed by atoms with Gasteiger partial charge in [-0.25, -0.2) is 0 Å². The van der Waals surface area contributed by atoms with E-state index < -0.39 is 5.91 Å². The monoisotopic (exact) mass is 145 g/mol. The summed E-state index contributed by atoms with van der Waals surface area (Å²) in [7, 11) is 0. The van der Waals surface area contributed by atoms with Gasteiger partial charge in [0, 0.05) is 0 Å². The molecule has 0 spiro atoms. The SMILES string of the molecule is N#CCC([NH])=O.OCCO. The smallest absolute Gasteiger partial charge is 0.252 e. The van der Waals surface area contributed by atoms with Gasteiger partial charge in [-0.2, -0.15) is 5.26 Å². The summed E-state index contributed by atoms with van der Waals surface area (Å²) in [6.07, 6.45) is -0.292. The van der Waals surface area contributed by atoms with Crippen molar-refractivity contribution in [3.63, 3.8) is 0 Å². The Morgan fingerprint density at radius 1 is 1.50 bits per heavy atom. The molecule has 0 saturated carbocycles. The summed E-state index contributed by atoms with van der Waals surface area (Å²) >= 11 is 0. The van der Waals surface area contributed by atoms with Crippen LogP contribution in [0.4, 0.5) is 0 Å². The van der Waals surface area contributed by atoms with Crippen molar-refractivity contribution in [2.45, 2.75) is 6.42 Å². The van der Waals surface area contributed by atoms with Gasteiger partial charge in [0.25, 0.3) is 5.91 Å². The standard InChI is InChI=1S/C3H3N2O.C2H6O2/c4-2-1-3(5)6;3-1-2-4/h5H,1H2;3-4H,1-2H2. The molecule has 0 aliphatic carbocycles. The zero-order valence-electron chi connectivity index (χ0n) is 5.37. The lowest BCUT2D eigenvalue weighted by atomic mass is 10.5. The van der Waals surface area contributed by atoms with Crippen LogP contribution < -0.4 is 5.73 Å². The van der Waals surface area contributed by atoms with Crippen molar-refractivity contribution in [2.24, 2.45) is 0 Å². The molecule has 1 radical (unpaired) electrons. The molecule has 57 valence electrons. The minimum Gasteiger partial charge on any atom is -0.394 e. The van der Waals surface area contributed by atoms with Crippen LogP contribution in [0.3, 0.4) is 0 Å². The number of aliphatic hydroxyl groups is 2. The Labute approximate surface area is 58.7 Å². The van der Waals surface area contributed by atoms with Gasteiger partial charge < -0.3 is 10.2 Å². The summed E-state index contributed by atoms with van der Waals surface area (Å²) in [5.74, 6) is -0.822. The molecule has 0 aliphatic rings. The number of carbonyl (C=O) groups is 1. The summed E-state index contributed by atoms with van der Waals surface area (Å²) in [6, 6.07) is 1.53. The highest BCUT2D eigenvalue weighted by Gasteiger charge is 1.85. The molecule has 0 aromatic rings. The number of hydrogen-bond acceptors (Lipinski definition) is 4. The van der Waals surface area contributed by atoms with Gasteiger partial charge in [0.2, 0.25) is 0 Å². The van der Waals surface area contributed by atoms with Crippen molar-refractivity contribution < 1.29 is 15.0 Å². The van der Waals surface area contributed by atoms with Crippen LogP contribution in [-0.4, -0.2) is 29.3 Å². The van der Waals surface area contributed by atoms with Crippen LogP contribution >= 0.6 is 0 Å². The molecule has 0 saturated heterocycles. The second-order valence-electron chi connectivity index (χ2n) is 1.21. The molecule has 5 nitrogen and oxygen atoms in total. The third-order valence-corrected chi connectivity index (χ3v) is 0.340. The minimum atomic E-state index is -0.822. The Bertz CT molecular complexity index is 117. The number of hydrogen-bond donors (Lipinski definition) is 2. The number of nitriles is 1. The molecule has 0 bridgehead atoms. The average Bonchev–Trinajstić information content (AvgIpc) is 1.89. The molecule has 0 atom stereocenters. The zero-order valence-corrected chi connectivity index (χ0v) is 5.37. The maximum absolute atomic E-state index is 9.49. The lowest BCUT2D eigenvalue weighted by Crippen LogP contribution is -1.92. The second kappa shape index (κ2) is 10.8. The lowest BCUT2D eigenvalue weighted by molar-refractivity contribution is -0.117. The van der Waals surface area contributed by atoms with E-state index in [-0.39, 0.29) is 19.6 Å². The van der Waals surface area contributed by atoms with Gasteiger partial charge >= 0.3 is 0 Å². The molecule has 0 aromatic carbocycles. The van der Waals surface area contributed by atoms with Gasteiger partial charge in [0.15, 0.2) is 0 Å². The van der Waals surface area contributed by atoms with Crippen LogP contribution in [0.5, 0.6) is 0 Å². The van der Waals surface area contributed by atoms with Crippen LogP contribution in [0.25, 0.3) is 0 Å². The summed E-state index contributed by atoms with van der Waals surface area (Å²) in [4.78, 5) is 9.49. The highest BCUT2D eigenvalue weighted by Crippen LogP contribution is 1.67. The molecule has 3 N–H and O–H groups in total. The Kier molecular flexibility index (Phi) is 12.6. The molecule has 0 aliphatic heterocycles. The van der Waals surface area contributed by atoms with Gasteiger partial charge in [-0.3, -0.25) is 10.5 Å². The predicted octanol–water partition coefficient (Wildman–Crippen LogP) is -1.32. The number of carbonyl (C=O) groups excluding carboxylic acids is 1. The second-order valence-corrected chi connectivity index (χ2v) is 1.21. The molecule has 0 heterocycles. The molecule has 5 heteroatoms. The van der Waals surface area contributed by atoms with E-state index in [1.54, 1.807) is 0 Å². The number of nitrogens with one attached hydrogen (secondary N) is 1. The van der Waals surface area contributed by atoms with Gasteiger partial charge in [-0.15, -0.1) is 0 Å². The first kappa shape index (κ1) is 11.6. The van der Waals surface area contributed by atoms with E-state index in [0.29, 0.717) is 0 Å². The quantitative estimate of drug-likeness (QED) is 0.502. The molecule has 0 fully saturated rings. The molecule has 10 heavy (non-hydrogen) atoms. The summed E-state index contributed by atoms with van der Waals surface area (Å²) in [5.41, 5.74) is 6.12. The van der Waals surface area contributed by atoms with E-state index in [2.05, 4.69) is 0 Å². The lowest BCUT2D eigenvalue weighted by Gasteiger charge is -1.70. The molecule has 0 unspecified atom stereocenters. The molecule has 1 amide bonds. The van der Waals surface area contributed by atoms with Crippen LogP contribution in [0.15, 0.2) is 0 Å². The number of amides is 1. The fourth-order valence-corrected chi connectivity index (χ4v) is 0.0718. The number of aliphatic hydroxyl groups excluding tert-OH is 2. The molecule has 0 aromatic heterocycles. The van der Waals surface area contributed by atoms with E-state index in [9.17, 15) is 4.79 Å². The van der Waals surface area contributed by atoms with Crippen molar-refractivity contribution in [2.75, 3.05) is 13.2 Å². The number of rotatable bonds is 2. The van der Waals surface area contributed by atoms with Crippen LogP contribution in [0.2, 0.25) is 0 Å². The van der Waals surface area contributed by atoms with Crippen molar-refractivity contribution in [3.8, 4) is 6.07 Å². The van der Waals surface area contributed by atoms with Gasteiger partial charge in [-0.1, -0.05) is 0 Å². The highest BCUT2D eigenvalue weighted by molar-refractivity contribution is 5.75. The van der Waals surface area contributed by atoms with E-state index >= 15 is 0 Å². The molecular weight excluding hydrogens is 136 g/mol. The van der Waals surface area contributed by atoms with E-state index in [0.717, 1.165) is 0 Å². The van der Waals surface area contributed by atoms with Gasteiger partial charge in [0.1, 0.15) is 6.42 Å². The van der Waals surface area contributed by atoms with Crippen LogP contribution in [0.1, 0.15) is 6.42 Å². The minimum absolute atomic E-state index is 0.125. The maximum Gasteiger partial charge on any atom is 0.252 e. The maximum atomic E-state index is 9.49. The van der Waals surface area contributed by atoms with Gasteiger partial charge in [0.05, 0.1) is 19.3 Å². The first-order valence-electron chi connectivity index (χ1n) is 2.52. The first-order valence-corrected chi connectivity index (χ1v) is 2.52. The molecular formula is C5H9N2O3.